The number of piperidine rings is 1. The van der Waals surface area contributed by atoms with Gasteiger partial charge in [-0.15, -0.1) is 0 Å². The molecule has 1 saturated carbocycles. The van der Waals surface area contributed by atoms with Gasteiger partial charge in [0, 0.05) is 25.0 Å². The molecule has 2 fully saturated rings. The van der Waals surface area contributed by atoms with Gasteiger partial charge in [0.15, 0.2) is 0 Å². The van der Waals surface area contributed by atoms with E-state index in [0.717, 1.165) is 60.3 Å². The monoisotopic (exact) mass is 491 g/mol. The number of benzene rings is 1. The van der Waals surface area contributed by atoms with Gasteiger partial charge in [-0.1, -0.05) is 39.0 Å². The van der Waals surface area contributed by atoms with E-state index in [2.05, 4.69) is 56.4 Å². The van der Waals surface area contributed by atoms with Gasteiger partial charge in [0.1, 0.15) is 5.82 Å². The van der Waals surface area contributed by atoms with Crippen molar-refractivity contribution in [1.29, 1.82) is 0 Å². The number of nitrogens with zero attached hydrogens (tertiary/aromatic N) is 3. The maximum Gasteiger partial charge on any atom is 0.252 e. The predicted molar refractivity (Wildman–Crippen MR) is 151 cm³/mol. The standard InChI is InChI=1S/C31H47N4O/c1-31(2,3)21-24-10-12-25(13-11-24)22-32-30(36)27-20-29(33-28-9-7-6-8-26(27)28)35-18-15-23(16-19-35)14-17-34(4)5/h6-9,20-21,23-25H,10-19,22H2,1-5H3,(H,32,36)/t24-,25-. The Kier molecular flexibility index (Phi) is 8.92. The van der Waals surface area contributed by atoms with Crippen molar-refractivity contribution in [3.05, 3.63) is 42.3 Å². The number of fused-ring (bicyclic) bond motifs is 1. The number of carbonyl (C=O) groups is 1. The quantitative estimate of drug-likeness (QED) is 0.478. The highest BCUT2D eigenvalue weighted by molar-refractivity contribution is 6.07. The predicted octanol–water partition coefficient (Wildman–Crippen LogP) is 6.19. The molecule has 0 bridgehead atoms. The third-order valence-corrected chi connectivity index (χ3v) is 8.05. The normalized spacial score (nSPS) is 21.8. The van der Waals surface area contributed by atoms with Crippen molar-refractivity contribution < 1.29 is 4.79 Å². The van der Waals surface area contributed by atoms with Crippen LogP contribution in [0.1, 0.15) is 76.1 Å². The molecule has 2 heterocycles. The third-order valence-electron chi connectivity index (χ3n) is 8.05. The minimum Gasteiger partial charge on any atom is -0.357 e. The van der Waals surface area contributed by atoms with Crippen molar-refractivity contribution in [2.24, 2.45) is 23.2 Å². The lowest BCUT2D eigenvalue weighted by molar-refractivity contribution is 0.0943. The molecule has 1 aliphatic carbocycles. The van der Waals surface area contributed by atoms with E-state index < -0.39 is 0 Å². The lowest BCUT2D eigenvalue weighted by atomic mass is 9.74. The van der Waals surface area contributed by atoms with E-state index in [1.165, 1.54) is 44.9 Å². The van der Waals surface area contributed by atoms with Gasteiger partial charge in [-0.25, -0.2) is 4.98 Å². The van der Waals surface area contributed by atoms with Crippen LogP contribution in [0.2, 0.25) is 0 Å². The minimum absolute atomic E-state index is 0.0408. The summed E-state index contributed by atoms with van der Waals surface area (Å²) >= 11 is 0. The van der Waals surface area contributed by atoms with Gasteiger partial charge < -0.3 is 15.1 Å². The first-order chi connectivity index (χ1) is 17.2. The van der Waals surface area contributed by atoms with Crippen LogP contribution in [-0.4, -0.2) is 56.1 Å². The number of rotatable bonds is 8. The van der Waals surface area contributed by atoms with Crippen molar-refractivity contribution >= 4 is 22.6 Å². The summed E-state index contributed by atoms with van der Waals surface area (Å²) in [4.78, 5) is 23.0. The molecular formula is C31H47N4O. The molecule has 1 N–H and O–H groups in total. The Labute approximate surface area is 219 Å². The van der Waals surface area contributed by atoms with Gasteiger partial charge in [-0.05, 0) is 107 Å². The highest BCUT2D eigenvalue weighted by Gasteiger charge is 2.26. The summed E-state index contributed by atoms with van der Waals surface area (Å²) < 4.78 is 0. The van der Waals surface area contributed by atoms with Gasteiger partial charge in [-0.2, -0.15) is 0 Å². The molecule has 197 valence electrons. The number of amides is 1. The van der Waals surface area contributed by atoms with Crippen LogP contribution in [0.5, 0.6) is 0 Å². The molecule has 5 heteroatoms. The summed E-state index contributed by atoms with van der Waals surface area (Å²) in [5.41, 5.74) is 1.96. The summed E-state index contributed by atoms with van der Waals surface area (Å²) in [5.74, 6) is 3.06. The molecule has 0 spiro atoms. The van der Waals surface area contributed by atoms with Crippen molar-refractivity contribution in [3.8, 4) is 0 Å². The molecule has 1 aliphatic heterocycles. The van der Waals surface area contributed by atoms with Crippen LogP contribution in [0, 0.1) is 29.6 Å². The number of pyridine rings is 1. The van der Waals surface area contributed by atoms with Crippen LogP contribution in [0.25, 0.3) is 10.9 Å². The number of hydrogen-bond acceptors (Lipinski definition) is 4. The number of nitrogens with one attached hydrogen (secondary N) is 1. The van der Waals surface area contributed by atoms with Crippen molar-refractivity contribution in [2.45, 2.75) is 65.7 Å². The topological polar surface area (TPSA) is 48.5 Å². The zero-order valence-corrected chi connectivity index (χ0v) is 23.2. The summed E-state index contributed by atoms with van der Waals surface area (Å²) in [7, 11) is 4.30. The van der Waals surface area contributed by atoms with Crippen molar-refractivity contribution in [1.82, 2.24) is 15.2 Å². The maximum absolute atomic E-state index is 13.4. The van der Waals surface area contributed by atoms with Crippen LogP contribution < -0.4 is 10.2 Å². The second kappa shape index (κ2) is 11.9. The Bertz CT molecular complexity index is 995. The molecule has 0 unspecified atom stereocenters. The SMILES string of the molecule is CN(C)CCC1CCN(c2cc(C(=O)NC[C@H]3CC[C@H]([CH]C(C)(C)C)CC3)c3ccccc3n2)CC1. The number of para-hydroxylation sites is 1. The van der Waals surface area contributed by atoms with Crippen molar-refractivity contribution in [3.63, 3.8) is 0 Å². The fourth-order valence-electron chi connectivity index (χ4n) is 6.00. The smallest absolute Gasteiger partial charge is 0.252 e. The van der Waals surface area contributed by atoms with Gasteiger partial charge in [-0.3, -0.25) is 4.79 Å². The fraction of sp³-hybridized carbons (Fsp3) is 0.645. The Hall–Kier alpha value is -2.14. The Morgan fingerprint density at radius 3 is 2.42 bits per heavy atom. The van der Waals surface area contributed by atoms with Gasteiger partial charge in [0.25, 0.3) is 5.91 Å². The molecule has 1 aromatic carbocycles. The third kappa shape index (κ3) is 7.44. The molecule has 4 rings (SSSR count). The number of anilines is 1. The zero-order chi connectivity index (χ0) is 25.7. The van der Waals surface area contributed by atoms with Crippen LogP contribution >= 0.6 is 0 Å². The van der Waals surface area contributed by atoms with Gasteiger partial charge >= 0.3 is 0 Å². The molecule has 2 aliphatic rings. The molecule has 1 aromatic heterocycles. The number of carbonyl (C=O) groups excluding carboxylic acids is 1. The number of hydrogen-bond donors (Lipinski definition) is 1. The average molecular weight is 492 g/mol. The summed E-state index contributed by atoms with van der Waals surface area (Å²) in [5, 5.41) is 4.24. The van der Waals surface area contributed by atoms with Crippen LogP contribution in [0.3, 0.4) is 0 Å². The molecule has 5 nitrogen and oxygen atoms in total. The number of aromatic nitrogens is 1. The highest BCUT2D eigenvalue weighted by Crippen LogP contribution is 2.35. The lowest BCUT2D eigenvalue weighted by Crippen LogP contribution is -2.35. The largest absolute Gasteiger partial charge is 0.357 e. The van der Waals surface area contributed by atoms with E-state index in [1.54, 1.807) is 0 Å². The molecule has 1 radical (unpaired) electrons. The first kappa shape index (κ1) is 26.9. The average Bonchev–Trinajstić information content (AvgIpc) is 2.85. The second-order valence-electron chi connectivity index (χ2n) is 12.6. The van der Waals surface area contributed by atoms with E-state index in [9.17, 15) is 4.79 Å². The van der Waals surface area contributed by atoms with Crippen molar-refractivity contribution in [2.75, 3.05) is 45.2 Å². The van der Waals surface area contributed by atoms with E-state index in [0.29, 0.717) is 5.92 Å². The Morgan fingerprint density at radius 1 is 1.06 bits per heavy atom. The maximum atomic E-state index is 13.4. The fourth-order valence-corrected chi connectivity index (χ4v) is 6.00. The second-order valence-corrected chi connectivity index (χ2v) is 12.6. The summed E-state index contributed by atoms with van der Waals surface area (Å²) in [6.45, 7) is 10.8. The minimum atomic E-state index is 0.0408. The lowest BCUT2D eigenvalue weighted by Gasteiger charge is -2.33. The van der Waals surface area contributed by atoms with Crippen LogP contribution in [0.4, 0.5) is 5.82 Å². The van der Waals surface area contributed by atoms with E-state index >= 15 is 0 Å². The van der Waals surface area contributed by atoms with Crippen LogP contribution in [-0.2, 0) is 0 Å². The molecule has 2 aromatic rings. The molecule has 1 saturated heterocycles. The summed E-state index contributed by atoms with van der Waals surface area (Å²) in [6.07, 6.45) is 11.0. The highest BCUT2D eigenvalue weighted by atomic mass is 16.1. The van der Waals surface area contributed by atoms with E-state index in [-0.39, 0.29) is 11.3 Å². The van der Waals surface area contributed by atoms with E-state index in [1.807, 2.05) is 30.3 Å². The molecule has 36 heavy (non-hydrogen) atoms. The Balaban J connectivity index is 1.38. The first-order valence-corrected chi connectivity index (χ1v) is 14.1. The Morgan fingerprint density at radius 2 is 1.75 bits per heavy atom. The molecule has 0 atom stereocenters. The van der Waals surface area contributed by atoms with Gasteiger partial charge in [0.2, 0.25) is 0 Å². The van der Waals surface area contributed by atoms with Crippen LogP contribution in [0.15, 0.2) is 30.3 Å². The van der Waals surface area contributed by atoms with Gasteiger partial charge in [0.05, 0.1) is 11.1 Å². The summed E-state index contributed by atoms with van der Waals surface area (Å²) in [6, 6.07) is 10.1. The molecule has 1 amide bonds. The zero-order valence-electron chi connectivity index (χ0n) is 23.2. The molecular weight excluding hydrogens is 444 g/mol. The first-order valence-electron chi connectivity index (χ1n) is 14.1. The van der Waals surface area contributed by atoms with E-state index in [4.69, 9.17) is 4.98 Å².